The number of hydrogen-bond acceptors (Lipinski definition) is 5. The van der Waals surface area contributed by atoms with Gasteiger partial charge in [-0.2, -0.15) is 0 Å². The van der Waals surface area contributed by atoms with Crippen molar-refractivity contribution in [3.63, 3.8) is 0 Å². The van der Waals surface area contributed by atoms with Gasteiger partial charge in [0.1, 0.15) is 5.75 Å². The van der Waals surface area contributed by atoms with Gasteiger partial charge < -0.3 is 10.1 Å². The van der Waals surface area contributed by atoms with Gasteiger partial charge in [0.05, 0.1) is 18.2 Å². The van der Waals surface area contributed by atoms with Crippen LogP contribution in [0.1, 0.15) is 12.8 Å². The fourth-order valence-electron chi connectivity index (χ4n) is 3.26. The summed E-state index contributed by atoms with van der Waals surface area (Å²) >= 11 is 0. The smallest absolute Gasteiger partial charge is 0.211 e. The highest BCUT2D eigenvalue weighted by Crippen LogP contribution is 2.33. The number of methoxy groups -OCH3 is 1. The van der Waals surface area contributed by atoms with Crippen LogP contribution >= 0.6 is 0 Å². The Morgan fingerprint density at radius 1 is 1.08 bits per heavy atom. The Hall–Kier alpha value is -3.15. The SMILES string of the molecule is COc1ccccc1-c1nnc2c3ccccc3nc(NCC3CC3)n12. The summed E-state index contributed by atoms with van der Waals surface area (Å²) in [6, 6.07) is 15.9. The Morgan fingerprint density at radius 2 is 1.88 bits per heavy atom. The molecule has 2 heterocycles. The van der Waals surface area contributed by atoms with Gasteiger partial charge in [0, 0.05) is 11.9 Å². The number of rotatable bonds is 5. The average molecular weight is 345 g/mol. The summed E-state index contributed by atoms with van der Waals surface area (Å²) in [5.41, 5.74) is 2.61. The lowest BCUT2D eigenvalue weighted by atomic mass is 10.2. The van der Waals surface area contributed by atoms with E-state index in [-0.39, 0.29) is 0 Å². The first-order valence-electron chi connectivity index (χ1n) is 8.86. The zero-order valence-corrected chi connectivity index (χ0v) is 14.5. The molecule has 130 valence electrons. The van der Waals surface area contributed by atoms with E-state index < -0.39 is 0 Å². The molecule has 1 fully saturated rings. The van der Waals surface area contributed by atoms with Gasteiger partial charge in [0.15, 0.2) is 11.5 Å². The molecule has 0 bridgehead atoms. The predicted molar refractivity (Wildman–Crippen MR) is 101 cm³/mol. The Labute approximate surface area is 150 Å². The van der Waals surface area contributed by atoms with Crippen molar-refractivity contribution in [2.24, 2.45) is 5.92 Å². The Bertz CT molecular complexity index is 1100. The maximum atomic E-state index is 5.53. The summed E-state index contributed by atoms with van der Waals surface area (Å²) in [4.78, 5) is 4.85. The van der Waals surface area contributed by atoms with Gasteiger partial charge in [-0.25, -0.2) is 9.38 Å². The van der Waals surface area contributed by atoms with Crippen LogP contribution in [0, 0.1) is 5.92 Å². The number of nitrogens with one attached hydrogen (secondary N) is 1. The molecule has 0 spiro atoms. The second kappa shape index (κ2) is 5.98. The molecule has 26 heavy (non-hydrogen) atoms. The number of anilines is 1. The van der Waals surface area contributed by atoms with Gasteiger partial charge >= 0.3 is 0 Å². The third kappa shape index (κ3) is 2.45. The number of ether oxygens (including phenoxy) is 1. The van der Waals surface area contributed by atoms with Crippen LogP contribution in [-0.2, 0) is 0 Å². The molecule has 6 heteroatoms. The van der Waals surface area contributed by atoms with Crippen molar-refractivity contribution < 1.29 is 4.74 Å². The van der Waals surface area contributed by atoms with Crippen molar-refractivity contribution in [2.75, 3.05) is 19.0 Å². The van der Waals surface area contributed by atoms with Crippen molar-refractivity contribution in [1.29, 1.82) is 0 Å². The van der Waals surface area contributed by atoms with Crippen LogP contribution < -0.4 is 10.1 Å². The maximum absolute atomic E-state index is 5.53. The van der Waals surface area contributed by atoms with E-state index in [1.807, 2.05) is 52.9 Å². The summed E-state index contributed by atoms with van der Waals surface area (Å²) in [5.74, 6) is 3.01. The highest BCUT2D eigenvalue weighted by Gasteiger charge is 2.23. The third-order valence-corrected chi connectivity index (χ3v) is 4.84. The molecule has 1 saturated carbocycles. The zero-order chi connectivity index (χ0) is 17.5. The van der Waals surface area contributed by atoms with E-state index in [2.05, 4.69) is 15.5 Å². The first-order valence-corrected chi connectivity index (χ1v) is 8.86. The Morgan fingerprint density at radius 3 is 2.73 bits per heavy atom. The van der Waals surface area contributed by atoms with Crippen LogP contribution in [0.25, 0.3) is 27.9 Å². The largest absolute Gasteiger partial charge is 0.496 e. The lowest BCUT2D eigenvalue weighted by Gasteiger charge is -2.12. The van der Waals surface area contributed by atoms with Crippen LogP contribution in [-0.4, -0.2) is 33.2 Å². The molecule has 0 unspecified atom stereocenters. The fourth-order valence-corrected chi connectivity index (χ4v) is 3.26. The number of nitrogens with zero attached hydrogens (tertiary/aromatic N) is 4. The summed E-state index contributed by atoms with van der Waals surface area (Å²) in [6.45, 7) is 0.921. The third-order valence-electron chi connectivity index (χ3n) is 4.84. The molecule has 0 radical (unpaired) electrons. The molecule has 0 atom stereocenters. The van der Waals surface area contributed by atoms with Crippen molar-refractivity contribution in [3.05, 3.63) is 48.5 Å². The quantitative estimate of drug-likeness (QED) is 0.596. The topological polar surface area (TPSA) is 64.3 Å². The van der Waals surface area contributed by atoms with Crippen molar-refractivity contribution in [2.45, 2.75) is 12.8 Å². The zero-order valence-electron chi connectivity index (χ0n) is 14.5. The number of fused-ring (bicyclic) bond motifs is 3. The van der Waals surface area contributed by atoms with Crippen LogP contribution in [0.15, 0.2) is 48.5 Å². The highest BCUT2D eigenvalue weighted by molar-refractivity contribution is 5.93. The van der Waals surface area contributed by atoms with Crippen LogP contribution in [0.2, 0.25) is 0 Å². The molecule has 6 nitrogen and oxygen atoms in total. The molecule has 0 amide bonds. The number of hydrogen-bond donors (Lipinski definition) is 1. The molecule has 1 aliphatic rings. The van der Waals surface area contributed by atoms with Crippen molar-refractivity contribution in [3.8, 4) is 17.1 Å². The van der Waals surface area contributed by atoms with Crippen molar-refractivity contribution in [1.82, 2.24) is 19.6 Å². The van der Waals surface area contributed by atoms with Crippen LogP contribution in [0.4, 0.5) is 5.95 Å². The lowest BCUT2D eigenvalue weighted by Crippen LogP contribution is -2.10. The molecular formula is C20H19N5O. The Kier molecular flexibility index (Phi) is 3.48. The summed E-state index contributed by atoms with van der Waals surface area (Å²) in [5, 5.41) is 13.5. The second-order valence-electron chi connectivity index (χ2n) is 6.66. The van der Waals surface area contributed by atoms with E-state index in [1.165, 1.54) is 12.8 Å². The van der Waals surface area contributed by atoms with E-state index in [0.29, 0.717) is 0 Å². The van der Waals surface area contributed by atoms with Crippen LogP contribution in [0.3, 0.4) is 0 Å². The van der Waals surface area contributed by atoms with Gasteiger partial charge in [-0.15, -0.1) is 10.2 Å². The predicted octanol–water partition coefficient (Wildman–Crippen LogP) is 3.78. The van der Waals surface area contributed by atoms with E-state index in [1.54, 1.807) is 7.11 Å². The molecule has 0 saturated heterocycles. The molecule has 1 aliphatic carbocycles. The highest BCUT2D eigenvalue weighted by atomic mass is 16.5. The lowest BCUT2D eigenvalue weighted by molar-refractivity contribution is 0.416. The minimum Gasteiger partial charge on any atom is -0.496 e. The van der Waals surface area contributed by atoms with Gasteiger partial charge in [0.25, 0.3) is 0 Å². The fraction of sp³-hybridized carbons (Fsp3) is 0.250. The summed E-state index contributed by atoms with van der Waals surface area (Å²) < 4.78 is 7.53. The normalized spacial score (nSPS) is 14.0. The first kappa shape index (κ1) is 15.1. The minimum absolute atomic E-state index is 0.731. The standard InChI is InChI=1S/C20H19N5O/c1-26-17-9-5-3-7-15(17)19-24-23-18-14-6-2-4-8-16(14)22-20(25(18)19)21-12-13-10-11-13/h2-9,13H,10-12H2,1H3,(H,21,22). The van der Waals surface area contributed by atoms with Gasteiger partial charge in [-0.3, -0.25) is 0 Å². The summed E-state index contributed by atoms with van der Waals surface area (Å²) in [6.07, 6.45) is 2.57. The molecular weight excluding hydrogens is 326 g/mol. The summed E-state index contributed by atoms with van der Waals surface area (Å²) in [7, 11) is 1.67. The van der Waals surface area contributed by atoms with E-state index in [0.717, 1.165) is 52.1 Å². The number of benzene rings is 2. The van der Waals surface area contributed by atoms with Gasteiger partial charge in [0.2, 0.25) is 5.95 Å². The molecule has 1 N–H and O–H groups in total. The monoisotopic (exact) mass is 345 g/mol. The van der Waals surface area contributed by atoms with Gasteiger partial charge in [-0.05, 0) is 43.0 Å². The van der Waals surface area contributed by atoms with Gasteiger partial charge in [-0.1, -0.05) is 24.3 Å². The minimum atomic E-state index is 0.731. The number of para-hydroxylation sites is 2. The first-order chi connectivity index (χ1) is 12.8. The van der Waals surface area contributed by atoms with Crippen molar-refractivity contribution >= 4 is 22.5 Å². The molecule has 2 aromatic heterocycles. The number of aromatic nitrogens is 4. The maximum Gasteiger partial charge on any atom is 0.211 e. The second-order valence-corrected chi connectivity index (χ2v) is 6.66. The van der Waals surface area contributed by atoms with Crippen LogP contribution in [0.5, 0.6) is 5.75 Å². The van der Waals surface area contributed by atoms with E-state index in [9.17, 15) is 0 Å². The molecule has 2 aromatic carbocycles. The molecule has 5 rings (SSSR count). The average Bonchev–Trinajstić information content (AvgIpc) is 3.42. The molecule has 4 aromatic rings. The van der Waals surface area contributed by atoms with E-state index >= 15 is 0 Å². The Balaban J connectivity index is 1.77. The van der Waals surface area contributed by atoms with E-state index in [4.69, 9.17) is 9.72 Å². The molecule has 0 aliphatic heterocycles.